The van der Waals surface area contributed by atoms with E-state index in [4.69, 9.17) is 0 Å². The van der Waals surface area contributed by atoms with Gasteiger partial charge in [-0.15, -0.1) is 0 Å². The number of halogens is 1. The van der Waals surface area contributed by atoms with Crippen molar-refractivity contribution in [3.05, 3.63) is 69.7 Å². The first-order valence-corrected chi connectivity index (χ1v) is 10.8. The minimum absolute atomic E-state index is 0.0754. The van der Waals surface area contributed by atoms with Crippen LogP contribution in [0, 0.1) is 0 Å². The summed E-state index contributed by atoms with van der Waals surface area (Å²) in [4.78, 5) is 39.8. The highest BCUT2D eigenvalue weighted by atomic mass is 79.9. The Kier molecular flexibility index (Phi) is 7.58. The largest absolute Gasteiger partial charge is 0.351 e. The van der Waals surface area contributed by atoms with E-state index >= 15 is 0 Å². The molecule has 1 aliphatic heterocycles. The zero-order chi connectivity index (χ0) is 20.6. The summed E-state index contributed by atoms with van der Waals surface area (Å²) in [6.45, 7) is 1.86. The highest BCUT2D eigenvalue weighted by Crippen LogP contribution is 2.17. The second-order valence-electron chi connectivity index (χ2n) is 7.18. The molecule has 0 radical (unpaired) electrons. The van der Waals surface area contributed by atoms with E-state index in [9.17, 15) is 14.4 Å². The van der Waals surface area contributed by atoms with E-state index in [1.54, 1.807) is 48.5 Å². The predicted molar refractivity (Wildman–Crippen MR) is 116 cm³/mol. The summed E-state index contributed by atoms with van der Waals surface area (Å²) < 4.78 is 0.883. The second-order valence-corrected chi connectivity index (χ2v) is 8.10. The summed E-state index contributed by atoms with van der Waals surface area (Å²) in [5.74, 6) is -0.468. The van der Waals surface area contributed by atoms with Gasteiger partial charge in [0.15, 0.2) is 5.78 Å². The number of amides is 2. The molecule has 6 heteroatoms. The first-order valence-electron chi connectivity index (χ1n) is 10.0. The number of hydrogen-bond donors (Lipinski definition) is 1. The van der Waals surface area contributed by atoms with E-state index in [1.807, 2.05) is 4.90 Å². The molecule has 29 heavy (non-hydrogen) atoms. The number of nitrogens with zero attached hydrogens (tertiary/aromatic N) is 1. The third kappa shape index (κ3) is 5.76. The summed E-state index contributed by atoms with van der Waals surface area (Å²) in [6.07, 6.45) is 4.70. The van der Waals surface area contributed by atoms with E-state index in [2.05, 4.69) is 21.2 Å². The molecular formula is C23H25BrN2O3. The number of hydrogen-bond acceptors (Lipinski definition) is 3. The van der Waals surface area contributed by atoms with Gasteiger partial charge in [0.05, 0.1) is 5.56 Å². The fourth-order valence-corrected chi connectivity index (χ4v) is 3.76. The highest BCUT2D eigenvalue weighted by Gasteiger charge is 2.19. The summed E-state index contributed by atoms with van der Waals surface area (Å²) in [7, 11) is 0. The van der Waals surface area contributed by atoms with E-state index in [-0.39, 0.29) is 30.6 Å². The van der Waals surface area contributed by atoms with Gasteiger partial charge in [-0.05, 0) is 43.2 Å². The molecule has 2 aromatic rings. The minimum Gasteiger partial charge on any atom is -0.351 e. The van der Waals surface area contributed by atoms with Crippen LogP contribution in [0.2, 0.25) is 0 Å². The Labute approximate surface area is 179 Å². The maximum Gasteiger partial charge on any atom is 0.252 e. The lowest BCUT2D eigenvalue weighted by molar-refractivity contribution is -0.131. The molecule has 2 aromatic carbocycles. The Morgan fingerprint density at radius 1 is 0.862 bits per heavy atom. The number of ketones is 1. The van der Waals surface area contributed by atoms with Gasteiger partial charge in [0.2, 0.25) is 5.91 Å². The van der Waals surface area contributed by atoms with Gasteiger partial charge >= 0.3 is 0 Å². The van der Waals surface area contributed by atoms with E-state index in [0.29, 0.717) is 16.7 Å². The Morgan fingerprint density at radius 3 is 2.14 bits per heavy atom. The molecule has 2 amide bonds. The monoisotopic (exact) mass is 456 g/mol. The van der Waals surface area contributed by atoms with Crippen LogP contribution in [0.25, 0.3) is 0 Å². The number of nitrogens with one attached hydrogen (secondary N) is 1. The number of likely N-dealkylation sites (tertiary alicyclic amines) is 1. The van der Waals surface area contributed by atoms with E-state index in [0.717, 1.165) is 30.4 Å². The molecule has 5 nitrogen and oxygen atoms in total. The Bertz CT molecular complexity index is 872. The third-order valence-corrected chi connectivity index (χ3v) is 5.63. The lowest BCUT2D eigenvalue weighted by Gasteiger charge is -2.20. The van der Waals surface area contributed by atoms with Gasteiger partial charge in [0, 0.05) is 41.7 Å². The lowest BCUT2D eigenvalue weighted by Crippen LogP contribution is -2.35. The molecule has 1 saturated heterocycles. The van der Waals surface area contributed by atoms with Gasteiger partial charge in [-0.3, -0.25) is 14.4 Å². The molecule has 3 rings (SSSR count). The molecule has 0 atom stereocenters. The van der Waals surface area contributed by atoms with Crippen molar-refractivity contribution in [1.29, 1.82) is 0 Å². The van der Waals surface area contributed by atoms with Crippen molar-refractivity contribution in [2.75, 3.05) is 19.6 Å². The van der Waals surface area contributed by atoms with E-state index < -0.39 is 0 Å². The molecule has 0 aromatic heterocycles. The second kappa shape index (κ2) is 10.3. The first-order chi connectivity index (χ1) is 14.1. The molecular weight excluding hydrogens is 432 g/mol. The number of benzene rings is 2. The van der Waals surface area contributed by atoms with Crippen LogP contribution in [0.15, 0.2) is 53.0 Å². The molecule has 0 spiro atoms. The van der Waals surface area contributed by atoms with Crippen molar-refractivity contribution >= 4 is 33.5 Å². The maximum atomic E-state index is 12.8. The standard InChI is InChI=1S/C23H25BrN2O3/c24-18-11-9-17(10-12-18)22(28)19-7-3-4-8-20(19)23(29)25-14-13-21(27)26-15-5-1-2-6-16-26/h3-4,7-12H,1-2,5-6,13-16H2,(H,25,29). The Balaban J connectivity index is 1.61. The van der Waals surface area contributed by atoms with Crippen LogP contribution in [0.3, 0.4) is 0 Å². The first kappa shape index (κ1) is 21.2. The van der Waals surface area contributed by atoms with Crippen molar-refractivity contribution in [3.8, 4) is 0 Å². The molecule has 1 heterocycles. The molecule has 0 bridgehead atoms. The van der Waals surface area contributed by atoms with Crippen LogP contribution in [0.5, 0.6) is 0 Å². The van der Waals surface area contributed by atoms with Crippen LogP contribution in [-0.4, -0.2) is 42.1 Å². The molecule has 0 saturated carbocycles. The van der Waals surface area contributed by atoms with E-state index in [1.165, 1.54) is 12.8 Å². The Morgan fingerprint density at radius 2 is 1.48 bits per heavy atom. The van der Waals surface area contributed by atoms with Crippen LogP contribution < -0.4 is 5.32 Å². The average molecular weight is 457 g/mol. The van der Waals surface area contributed by atoms with Crippen molar-refractivity contribution < 1.29 is 14.4 Å². The van der Waals surface area contributed by atoms with Crippen molar-refractivity contribution in [2.45, 2.75) is 32.1 Å². The maximum absolute atomic E-state index is 12.8. The summed E-state index contributed by atoms with van der Waals surface area (Å²) in [5, 5.41) is 2.79. The van der Waals surface area contributed by atoms with Gasteiger partial charge < -0.3 is 10.2 Å². The SMILES string of the molecule is O=C(NCCC(=O)N1CCCCCC1)c1ccccc1C(=O)c1ccc(Br)cc1. The third-order valence-electron chi connectivity index (χ3n) is 5.11. The van der Waals surface area contributed by atoms with Gasteiger partial charge in [-0.2, -0.15) is 0 Å². The zero-order valence-electron chi connectivity index (χ0n) is 16.3. The number of rotatable bonds is 6. The molecule has 1 fully saturated rings. The molecule has 0 aliphatic carbocycles. The van der Waals surface area contributed by atoms with Crippen molar-refractivity contribution in [3.63, 3.8) is 0 Å². The average Bonchev–Trinajstić information content (AvgIpc) is 3.03. The fraction of sp³-hybridized carbons (Fsp3) is 0.348. The quantitative estimate of drug-likeness (QED) is 0.662. The number of carbonyl (C=O) groups excluding carboxylic acids is 3. The lowest BCUT2D eigenvalue weighted by atomic mass is 9.98. The summed E-state index contributed by atoms with van der Waals surface area (Å²) in [5.41, 5.74) is 1.19. The summed E-state index contributed by atoms with van der Waals surface area (Å²) >= 11 is 3.36. The molecule has 0 unspecified atom stereocenters. The smallest absolute Gasteiger partial charge is 0.252 e. The van der Waals surface area contributed by atoms with Crippen molar-refractivity contribution in [1.82, 2.24) is 10.2 Å². The van der Waals surface area contributed by atoms with Crippen molar-refractivity contribution in [2.24, 2.45) is 0 Å². The van der Waals surface area contributed by atoms with Gasteiger partial charge in [-0.1, -0.05) is 47.0 Å². The minimum atomic E-state index is -0.338. The van der Waals surface area contributed by atoms with Crippen LogP contribution in [0.1, 0.15) is 58.4 Å². The predicted octanol–water partition coefficient (Wildman–Crippen LogP) is 4.20. The topological polar surface area (TPSA) is 66.5 Å². The van der Waals surface area contributed by atoms with Gasteiger partial charge in [0.25, 0.3) is 5.91 Å². The fourth-order valence-electron chi connectivity index (χ4n) is 3.49. The highest BCUT2D eigenvalue weighted by molar-refractivity contribution is 9.10. The van der Waals surface area contributed by atoms with Crippen LogP contribution >= 0.6 is 15.9 Å². The Hall–Kier alpha value is -2.47. The molecule has 1 N–H and O–H groups in total. The van der Waals surface area contributed by atoms with Crippen LogP contribution in [0.4, 0.5) is 0 Å². The summed E-state index contributed by atoms with van der Waals surface area (Å²) in [6, 6.07) is 13.8. The molecule has 1 aliphatic rings. The normalized spacial score (nSPS) is 14.2. The van der Waals surface area contributed by atoms with Crippen LogP contribution in [-0.2, 0) is 4.79 Å². The molecule has 152 valence electrons. The van der Waals surface area contributed by atoms with Gasteiger partial charge in [0.1, 0.15) is 0 Å². The van der Waals surface area contributed by atoms with Gasteiger partial charge in [-0.25, -0.2) is 0 Å². The zero-order valence-corrected chi connectivity index (χ0v) is 17.9. The number of carbonyl (C=O) groups is 3.